The van der Waals surface area contributed by atoms with Crippen molar-refractivity contribution in [2.24, 2.45) is 5.92 Å². The van der Waals surface area contributed by atoms with Crippen LogP contribution in [0, 0.1) is 5.92 Å². The van der Waals surface area contributed by atoms with Crippen LogP contribution in [0.15, 0.2) is 29.0 Å². The molecule has 2 aliphatic rings. The Balaban J connectivity index is 1.71. The standard InChI is InChI=1S/C17H19NOS2/c19-17(12-4-1-2-5-12)18-9-7-14-13(8-11-21-14)16(18)15-6-3-10-20-15/h3,6,8,10-12,16H,1-2,4-5,7,9H2/t16-/m1/s1. The predicted octanol–water partition coefficient (Wildman–Crippen LogP) is 4.47. The van der Waals surface area contributed by atoms with E-state index in [2.05, 4.69) is 33.9 Å². The summed E-state index contributed by atoms with van der Waals surface area (Å²) in [6, 6.07) is 6.65. The lowest BCUT2D eigenvalue weighted by molar-refractivity contribution is -0.137. The van der Waals surface area contributed by atoms with E-state index in [4.69, 9.17) is 0 Å². The quantitative estimate of drug-likeness (QED) is 0.800. The maximum Gasteiger partial charge on any atom is 0.226 e. The van der Waals surface area contributed by atoms with Crippen LogP contribution in [0.3, 0.4) is 0 Å². The molecule has 1 atom stereocenters. The molecule has 0 unspecified atom stereocenters. The fraction of sp³-hybridized carbons (Fsp3) is 0.471. The summed E-state index contributed by atoms with van der Waals surface area (Å²) in [7, 11) is 0. The largest absolute Gasteiger partial charge is 0.330 e. The molecular formula is C17H19NOS2. The number of hydrogen-bond acceptors (Lipinski definition) is 3. The van der Waals surface area contributed by atoms with Crippen molar-refractivity contribution in [2.45, 2.75) is 38.1 Å². The molecule has 1 aliphatic carbocycles. The highest BCUT2D eigenvalue weighted by molar-refractivity contribution is 7.10. The van der Waals surface area contributed by atoms with Crippen LogP contribution in [-0.4, -0.2) is 17.4 Å². The summed E-state index contributed by atoms with van der Waals surface area (Å²) in [5.41, 5.74) is 1.36. The number of carbonyl (C=O) groups is 1. The van der Waals surface area contributed by atoms with E-state index in [0.717, 1.165) is 25.8 Å². The minimum atomic E-state index is 0.160. The molecule has 4 heteroatoms. The minimum Gasteiger partial charge on any atom is -0.330 e. The maximum atomic E-state index is 13.0. The zero-order chi connectivity index (χ0) is 14.2. The Labute approximate surface area is 133 Å². The smallest absolute Gasteiger partial charge is 0.226 e. The monoisotopic (exact) mass is 317 g/mol. The zero-order valence-electron chi connectivity index (χ0n) is 12.0. The van der Waals surface area contributed by atoms with Gasteiger partial charge in [-0.25, -0.2) is 0 Å². The van der Waals surface area contributed by atoms with E-state index >= 15 is 0 Å². The Morgan fingerprint density at radius 1 is 1.14 bits per heavy atom. The molecule has 1 saturated carbocycles. The van der Waals surface area contributed by atoms with Gasteiger partial charge >= 0.3 is 0 Å². The predicted molar refractivity (Wildman–Crippen MR) is 87.9 cm³/mol. The first-order valence-corrected chi connectivity index (χ1v) is 9.50. The highest BCUT2D eigenvalue weighted by Gasteiger charge is 2.36. The van der Waals surface area contributed by atoms with Gasteiger partial charge in [-0.1, -0.05) is 18.9 Å². The van der Waals surface area contributed by atoms with E-state index in [1.165, 1.54) is 28.2 Å². The van der Waals surface area contributed by atoms with Crippen LogP contribution >= 0.6 is 22.7 Å². The second kappa shape index (κ2) is 5.58. The summed E-state index contributed by atoms with van der Waals surface area (Å²) in [5.74, 6) is 0.662. The zero-order valence-corrected chi connectivity index (χ0v) is 13.6. The van der Waals surface area contributed by atoms with Crippen molar-refractivity contribution in [3.8, 4) is 0 Å². The average molecular weight is 317 g/mol. The molecule has 0 aromatic carbocycles. The molecule has 0 N–H and O–H groups in total. The van der Waals surface area contributed by atoms with Crippen molar-refractivity contribution in [3.05, 3.63) is 44.3 Å². The maximum absolute atomic E-state index is 13.0. The number of carbonyl (C=O) groups excluding carboxylic acids is 1. The van der Waals surface area contributed by atoms with Gasteiger partial charge in [-0.2, -0.15) is 0 Å². The first-order valence-electron chi connectivity index (χ1n) is 7.75. The Bertz CT molecular complexity index is 625. The molecule has 0 saturated heterocycles. The summed E-state index contributed by atoms with van der Waals surface area (Å²) in [6.45, 7) is 0.880. The van der Waals surface area contributed by atoms with Gasteiger partial charge in [0, 0.05) is 22.2 Å². The lowest BCUT2D eigenvalue weighted by Gasteiger charge is -2.37. The number of hydrogen-bond donors (Lipinski definition) is 0. The van der Waals surface area contributed by atoms with Gasteiger partial charge in [0.05, 0.1) is 6.04 Å². The highest BCUT2D eigenvalue weighted by Crippen LogP contribution is 2.41. The normalized spacial score (nSPS) is 22.5. The fourth-order valence-corrected chi connectivity index (χ4v) is 5.47. The van der Waals surface area contributed by atoms with Crippen LogP contribution in [-0.2, 0) is 11.2 Å². The molecule has 2 aromatic heterocycles. The first kappa shape index (κ1) is 13.5. The van der Waals surface area contributed by atoms with E-state index in [1.807, 2.05) is 11.3 Å². The van der Waals surface area contributed by atoms with Crippen LogP contribution in [0.5, 0.6) is 0 Å². The van der Waals surface area contributed by atoms with E-state index in [-0.39, 0.29) is 12.0 Å². The summed E-state index contributed by atoms with van der Waals surface area (Å²) in [5, 5.41) is 4.29. The summed E-state index contributed by atoms with van der Waals surface area (Å²) < 4.78 is 0. The first-order chi connectivity index (χ1) is 10.3. The second-order valence-corrected chi connectivity index (χ2v) is 7.96. The van der Waals surface area contributed by atoms with Crippen LogP contribution < -0.4 is 0 Å². The number of nitrogens with zero attached hydrogens (tertiary/aromatic N) is 1. The van der Waals surface area contributed by atoms with Gasteiger partial charge in [0.25, 0.3) is 0 Å². The van der Waals surface area contributed by atoms with Gasteiger partial charge < -0.3 is 4.90 Å². The Kier molecular flexibility index (Phi) is 3.59. The number of rotatable bonds is 2. The molecule has 3 heterocycles. The minimum absolute atomic E-state index is 0.160. The molecule has 0 spiro atoms. The Morgan fingerprint density at radius 2 is 2.00 bits per heavy atom. The molecule has 1 amide bonds. The topological polar surface area (TPSA) is 20.3 Å². The van der Waals surface area contributed by atoms with E-state index in [1.54, 1.807) is 11.3 Å². The van der Waals surface area contributed by atoms with Crippen molar-refractivity contribution in [1.29, 1.82) is 0 Å². The third-order valence-corrected chi connectivity index (χ3v) is 6.69. The molecule has 110 valence electrons. The lowest BCUT2D eigenvalue weighted by Crippen LogP contribution is -2.42. The third kappa shape index (κ3) is 2.34. The van der Waals surface area contributed by atoms with Crippen molar-refractivity contribution < 1.29 is 4.79 Å². The number of amides is 1. The van der Waals surface area contributed by atoms with Gasteiger partial charge in [0.1, 0.15) is 0 Å². The molecule has 2 nitrogen and oxygen atoms in total. The molecule has 2 aromatic rings. The molecule has 21 heavy (non-hydrogen) atoms. The van der Waals surface area contributed by atoms with Gasteiger partial charge in [-0.15, -0.1) is 22.7 Å². The molecule has 1 aliphatic heterocycles. The second-order valence-electron chi connectivity index (χ2n) is 5.98. The molecule has 0 bridgehead atoms. The highest BCUT2D eigenvalue weighted by atomic mass is 32.1. The van der Waals surface area contributed by atoms with Crippen LogP contribution in [0.4, 0.5) is 0 Å². The number of thiophene rings is 2. The summed E-state index contributed by atoms with van der Waals surface area (Å²) in [4.78, 5) is 17.9. The summed E-state index contributed by atoms with van der Waals surface area (Å²) in [6.07, 6.45) is 5.63. The van der Waals surface area contributed by atoms with Crippen molar-refractivity contribution in [1.82, 2.24) is 4.90 Å². The van der Waals surface area contributed by atoms with Crippen LogP contribution in [0.1, 0.15) is 47.0 Å². The number of fused-ring (bicyclic) bond motifs is 1. The van der Waals surface area contributed by atoms with Crippen LogP contribution in [0.2, 0.25) is 0 Å². The Morgan fingerprint density at radius 3 is 2.76 bits per heavy atom. The SMILES string of the molecule is O=C(C1CCCC1)N1CCc2sccc2[C@@H]1c1cccs1. The molecule has 1 fully saturated rings. The third-order valence-electron chi connectivity index (χ3n) is 4.77. The van der Waals surface area contributed by atoms with Gasteiger partial charge in [0.2, 0.25) is 5.91 Å². The van der Waals surface area contributed by atoms with Crippen molar-refractivity contribution in [2.75, 3.05) is 6.54 Å². The summed E-state index contributed by atoms with van der Waals surface area (Å²) >= 11 is 3.61. The van der Waals surface area contributed by atoms with Gasteiger partial charge in [-0.3, -0.25) is 4.79 Å². The van der Waals surface area contributed by atoms with E-state index < -0.39 is 0 Å². The fourth-order valence-electron chi connectivity index (χ4n) is 3.71. The van der Waals surface area contributed by atoms with Gasteiger partial charge in [-0.05, 0) is 47.7 Å². The van der Waals surface area contributed by atoms with Crippen molar-refractivity contribution >= 4 is 28.6 Å². The molecule has 4 rings (SSSR count). The van der Waals surface area contributed by atoms with Gasteiger partial charge in [0.15, 0.2) is 0 Å². The average Bonchev–Trinajstić information content (AvgIpc) is 3.25. The van der Waals surface area contributed by atoms with E-state index in [9.17, 15) is 4.79 Å². The molecule has 0 radical (unpaired) electrons. The Hall–Kier alpha value is -1.13. The van der Waals surface area contributed by atoms with Crippen LogP contribution in [0.25, 0.3) is 0 Å². The van der Waals surface area contributed by atoms with Crippen molar-refractivity contribution in [3.63, 3.8) is 0 Å². The lowest BCUT2D eigenvalue weighted by atomic mass is 9.95. The molecular weight excluding hydrogens is 298 g/mol. The van der Waals surface area contributed by atoms with E-state index in [0.29, 0.717) is 5.91 Å².